The van der Waals surface area contributed by atoms with Crippen LogP contribution in [0.25, 0.3) is 0 Å². The van der Waals surface area contributed by atoms with E-state index in [9.17, 15) is 4.39 Å². The molecule has 1 aromatic heterocycles. The summed E-state index contributed by atoms with van der Waals surface area (Å²) in [6.07, 6.45) is 0.270. The van der Waals surface area contributed by atoms with Crippen molar-refractivity contribution in [3.8, 4) is 0 Å². The van der Waals surface area contributed by atoms with Gasteiger partial charge in [-0.2, -0.15) is 4.98 Å². The molecule has 5 nitrogen and oxygen atoms in total. The first-order chi connectivity index (χ1) is 9.70. The number of likely N-dealkylation sites (N-methyl/N-ethyl adjacent to an activating group) is 1. The highest BCUT2D eigenvalue weighted by atomic mass is 19.1. The maximum atomic E-state index is 13.1. The Morgan fingerprint density at radius 1 is 1.45 bits per heavy atom. The zero-order valence-corrected chi connectivity index (χ0v) is 11.3. The molecule has 0 spiro atoms. The van der Waals surface area contributed by atoms with E-state index in [0.717, 1.165) is 18.7 Å². The lowest BCUT2D eigenvalue weighted by Gasteiger charge is -2.27. The monoisotopic (exact) mass is 277 g/mol. The van der Waals surface area contributed by atoms with Gasteiger partial charge in [-0.15, -0.1) is 0 Å². The van der Waals surface area contributed by atoms with Crippen molar-refractivity contribution in [3.63, 3.8) is 0 Å². The van der Waals surface area contributed by atoms with Gasteiger partial charge in [-0.3, -0.25) is 0 Å². The van der Waals surface area contributed by atoms with Crippen molar-refractivity contribution in [2.75, 3.05) is 26.7 Å². The molecule has 1 aliphatic heterocycles. The Morgan fingerprint density at radius 3 is 3.15 bits per heavy atom. The highest BCUT2D eigenvalue weighted by molar-refractivity contribution is 5.19. The van der Waals surface area contributed by atoms with E-state index in [1.807, 2.05) is 13.1 Å². The quantitative estimate of drug-likeness (QED) is 0.856. The number of hydrogen-bond donors (Lipinski definition) is 0. The summed E-state index contributed by atoms with van der Waals surface area (Å²) < 4.78 is 24.0. The lowest BCUT2D eigenvalue weighted by molar-refractivity contribution is -0.0264. The molecule has 2 aromatic rings. The molecule has 6 heteroatoms. The van der Waals surface area contributed by atoms with Crippen molar-refractivity contribution < 1.29 is 13.7 Å². The van der Waals surface area contributed by atoms with Gasteiger partial charge >= 0.3 is 0 Å². The van der Waals surface area contributed by atoms with Crippen LogP contribution in [0.2, 0.25) is 0 Å². The average Bonchev–Trinajstić information content (AvgIpc) is 2.87. The van der Waals surface area contributed by atoms with Crippen LogP contribution in [0.1, 0.15) is 23.4 Å². The van der Waals surface area contributed by atoms with E-state index in [0.29, 0.717) is 24.7 Å². The predicted molar refractivity (Wildman–Crippen MR) is 69.7 cm³/mol. The Hall–Kier alpha value is -1.79. The topological polar surface area (TPSA) is 51.4 Å². The maximum Gasteiger partial charge on any atom is 0.231 e. The molecular weight excluding hydrogens is 261 g/mol. The lowest BCUT2D eigenvalue weighted by Crippen LogP contribution is -2.35. The van der Waals surface area contributed by atoms with Crippen LogP contribution in [0.15, 0.2) is 28.8 Å². The smallest absolute Gasteiger partial charge is 0.231 e. The van der Waals surface area contributed by atoms with Crippen LogP contribution in [0.3, 0.4) is 0 Å². The van der Waals surface area contributed by atoms with Gasteiger partial charge in [0, 0.05) is 13.1 Å². The fourth-order valence-corrected chi connectivity index (χ4v) is 2.23. The summed E-state index contributed by atoms with van der Waals surface area (Å²) in [5.74, 6) is 0.768. The first-order valence-electron chi connectivity index (χ1n) is 6.58. The molecule has 0 unspecified atom stereocenters. The molecule has 1 saturated heterocycles. The van der Waals surface area contributed by atoms with Crippen molar-refractivity contribution in [3.05, 3.63) is 47.4 Å². The Morgan fingerprint density at radius 2 is 2.35 bits per heavy atom. The number of hydrogen-bond acceptors (Lipinski definition) is 5. The predicted octanol–water partition coefficient (Wildman–Crippen LogP) is 1.80. The van der Waals surface area contributed by atoms with E-state index >= 15 is 0 Å². The van der Waals surface area contributed by atoms with Gasteiger partial charge in [-0.25, -0.2) is 4.39 Å². The standard InChI is InChI=1S/C14H16FN3O2/c1-18-5-6-19-12(9-18)14-16-13(20-17-14)8-10-3-2-4-11(15)7-10/h2-4,7,12H,5-6,8-9H2,1H3/t12-/m0/s1. The van der Waals surface area contributed by atoms with Gasteiger partial charge in [-0.1, -0.05) is 17.3 Å². The molecule has 0 N–H and O–H groups in total. The van der Waals surface area contributed by atoms with Gasteiger partial charge in [0.25, 0.3) is 0 Å². The lowest BCUT2D eigenvalue weighted by atomic mass is 10.1. The summed E-state index contributed by atoms with van der Waals surface area (Å²) in [5, 5.41) is 3.96. The van der Waals surface area contributed by atoms with E-state index in [1.165, 1.54) is 12.1 Å². The van der Waals surface area contributed by atoms with Crippen LogP contribution in [0.5, 0.6) is 0 Å². The molecule has 0 amide bonds. The Bertz CT molecular complexity index is 587. The number of ether oxygens (including phenoxy) is 1. The van der Waals surface area contributed by atoms with Gasteiger partial charge in [0.2, 0.25) is 11.7 Å². The zero-order valence-electron chi connectivity index (χ0n) is 11.3. The molecule has 106 valence electrons. The number of aromatic nitrogens is 2. The molecule has 1 aromatic carbocycles. The van der Waals surface area contributed by atoms with Crippen LogP contribution >= 0.6 is 0 Å². The summed E-state index contributed by atoms with van der Waals surface area (Å²) in [7, 11) is 2.03. The van der Waals surface area contributed by atoms with Crippen molar-refractivity contribution in [1.29, 1.82) is 0 Å². The molecule has 1 aliphatic rings. The summed E-state index contributed by atoms with van der Waals surface area (Å²) in [4.78, 5) is 6.50. The summed E-state index contributed by atoms with van der Waals surface area (Å²) in [6, 6.07) is 6.38. The molecule has 1 fully saturated rings. The van der Waals surface area contributed by atoms with Crippen molar-refractivity contribution in [2.45, 2.75) is 12.5 Å². The van der Waals surface area contributed by atoms with Crippen LogP contribution < -0.4 is 0 Å². The number of nitrogens with zero attached hydrogens (tertiary/aromatic N) is 3. The Balaban J connectivity index is 1.70. The number of benzene rings is 1. The molecule has 20 heavy (non-hydrogen) atoms. The van der Waals surface area contributed by atoms with Crippen molar-refractivity contribution >= 4 is 0 Å². The molecule has 3 rings (SSSR count). The third-order valence-corrected chi connectivity index (χ3v) is 3.29. The molecule has 0 radical (unpaired) electrons. The summed E-state index contributed by atoms with van der Waals surface area (Å²) >= 11 is 0. The Labute approximate surface area is 116 Å². The number of rotatable bonds is 3. The minimum absolute atomic E-state index is 0.154. The van der Waals surface area contributed by atoms with E-state index in [1.54, 1.807) is 6.07 Å². The van der Waals surface area contributed by atoms with Gasteiger partial charge in [0.15, 0.2) is 0 Å². The third kappa shape index (κ3) is 3.02. The fraction of sp³-hybridized carbons (Fsp3) is 0.429. The average molecular weight is 277 g/mol. The first-order valence-corrected chi connectivity index (χ1v) is 6.58. The van der Waals surface area contributed by atoms with Crippen LogP contribution in [0, 0.1) is 5.82 Å². The van der Waals surface area contributed by atoms with Crippen LogP contribution in [-0.2, 0) is 11.2 Å². The largest absolute Gasteiger partial charge is 0.367 e. The normalized spacial score (nSPS) is 20.2. The second-order valence-corrected chi connectivity index (χ2v) is 4.97. The summed E-state index contributed by atoms with van der Waals surface area (Å²) in [6.45, 7) is 2.32. The second-order valence-electron chi connectivity index (χ2n) is 4.97. The highest BCUT2D eigenvalue weighted by Crippen LogP contribution is 2.19. The van der Waals surface area contributed by atoms with E-state index in [2.05, 4.69) is 15.0 Å². The Kier molecular flexibility index (Phi) is 3.75. The van der Waals surface area contributed by atoms with Crippen molar-refractivity contribution in [1.82, 2.24) is 15.0 Å². The van der Waals surface area contributed by atoms with Crippen LogP contribution in [0.4, 0.5) is 4.39 Å². The second kappa shape index (κ2) is 5.68. The molecule has 1 atom stereocenters. The fourth-order valence-electron chi connectivity index (χ4n) is 2.23. The van der Waals surface area contributed by atoms with Gasteiger partial charge in [0.05, 0.1) is 13.0 Å². The molecular formula is C14H16FN3O2. The number of halogens is 1. The van der Waals surface area contributed by atoms with Gasteiger partial charge in [0.1, 0.15) is 11.9 Å². The van der Waals surface area contributed by atoms with E-state index < -0.39 is 0 Å². The zero-order chi connectivity index (χ0) is 13.9. The van der Waals surface area contributed by atoms with Gasteiger partial charge in [-0.05, 0) is 24.7 Å². The van der Waals surface area contributed by atoms with Gasteiger partial charge < -0.3 is 14.2 Å². The minimum atomic E-state index is -0.264. The minimum Gasteiger partial charge on any atom is -0.367 e. The molecule has 0 bridgehead atoms. The highest BCUT2D eigenvalue weighted by Gasteiger charge is 2.24. The number of morpholine rings is 1. The van der Waals surface area contributed by atoms with Crippen molar-refractivity contribution in [2.24, 2.45) is 0 Å². The van der Waals surface area contributed by atoms with Crippen LogP contribution in [-0.4, -0.2) is 41.8 Å². The molecule has 2 heterocycles. The van der Waals surface area contributed by atoms with E-state index in [4.69, 9.17) is 9.26 Å². The SMILES string of the molecule is CN1CCO[C@H](c2noc(Cc3cccc(F)c3)n2)C1. The van der Waals surface area contributed by atoms with E-state index in [-0.39, 0.29) is 11.9 Å². The molecule has 0 saturated carbocycles. The maximum absolute atomic E-state index is 13.1. The summed E-state index contributed by atoms with van der Waals surface area (Å²) in [5.41, 5.74) is 0.807. The first kappa shape index (κ1) is 13.2. The third-order valence-electron chi connectivity index (χ3n) is 3.29. The molecule has 0 aliphatic carbocycles.